The van der Waals surface area contributed by atoms with Gasteiger partial charge in [-0.2, -0.15) is 0 Å². The van der Waals surface area contributed by atoms with Gasteiger partial charge in [0.2, 0.25) is 10.0 Å². The van der Waals surface area contributed by atoms with Gasteiger partial charge in [0.1, 0.15) is 10.7 Å². The summed E-state index contributed by atoms with van der Waals surface area (Å²) in [6, 6.07) is 12.0. The number of thiocarbonyl (C=S) groups is 1. The van der Waals surface area contributed by atoms with Crippen LogP contribution in [0.15, 0.2) is 65.6 Å². The van der Waals surface area contributed by atoms with Crippen molar-refractivity contribution in [2.45, 2.75) is 17.7 Å². The van der Waals surface area contributed by atoms with Gasteiger partial charge in [-0.3, -0.25) is 0 Å². The molecule has 0 aliphatic heterocycles. The SMILES string of the molecule is Cc1ccc(C2C=CC(c3ccc(S(N)(=O)=O)c(F)c3)=CC2=S)cc1. The molecule has 25 heavy (non-hydrogen) atoms. The maximum absolute atomic E-state index is 14.0. The molecule has 128 valence electrons. The van der Waals surface area contributed by atoms with E-state index in [1.165, 1.54) is 17.7 Å². The summed E-state index contributed by atoms with van der Waals surface area (Å²) in [5.74, 6) is -0.881. The third kappa shape index (κ3) is 3.76. The Morgan fingerprint density at radius 3 is 2.36 bits per heavy atom. The maximum Gasteiger partial charge on any atom is 0.240 e. The second-order valence-electron chi connectivity index (χ2n) is 5.94. The first-order valence-corrected chi connectivity index (χ1v) is 9.54. The van der Waals surface area contributed by atoms with Gasteiger partial charge >= 0.3 is 0 Å². The molecule has 0 saturated carbocycles. The molecule has 2 aromatic rings. The maximum atomic E-state index is 14.0. The van der Waals surface area contributed by atoms with Crippen molar-refractivity contribution in [2.75, 3.05) is 0 Å². The van der Waals surface area contributed by atoms with Crippen LogP contribution in [0.5, 0.6) is 0 Å². The molecule has 0 spiro atoms. The molecule has 0 fully saturated rings. The molecule has 3 rings (SSSR count). The van der Waals surface area contributed by atoms with Crippen LogP contribution in [0.3, 0.4) is 0 Å². The van der Waals surface area contributed by atoms with Crippen molar-refractivity contribution in [1.29, 1.82) is 0 Å². The molecular formula is C19H16FNO2S2. The first-order chi connectivity index (χ1) is 11.8. The smallest absolute Gasteiger partial charge is 0.225 e. The van der Waals surface area contributed by atoms with E-state index >= 15 is 0 Å². The predicted molar refractivity (Wildman–Crippen MR) is 101 cm³/mol. The second-order valence-corrected chi connectivity index (χ2v) is 7.94. The molecule has 0 bridgehead atoms. The predicted octanol–water partition coefficient (Wildman–Crippen LogP) is 3.89. The highest BCUT2D eigenvalue weighted by atomic mass is 32.2. The summed E-state index contributed by atoms with van der Waals surface area (Å²) in [5.41, 5.74) is 3.55. The van der Waals surface area contributed by atoms with Crippen LogP contribution in [-0.4, -0.2) is 13.3 Å². The van der Waals surface area contributed by atoms with Gasteiger partial charge in [-0.25, -0.2) is 17.9 Å². The van der Waals surface area contributed by atoms with E-state index in [9.17, 15) is 12.8 Å². The van der Waals surface area contributed by atoms with Crippen LogP contribution in [0.2, 0.25) is 0 Å². The van der Waals surface area contributed by atoms with Crippen LogP contribution >= 0.6 is 12.2 Å². The monoisotopic (exact) mass is 373 g/mol. The number of benzene rings is 2. The Kier molecular flexibility index (Phi) is 4.69. The summed E-state index contributed by atoms with van der Waals surface area (Å²) in [4.78, 5) is 0.203. The van der Waals surface area contributed by atoms with E-state index in [1.54, 1.807) is 0 Å². The minimum absolute atomic E-state index is 0.00658. The molecular weight excluding hydrogens is 357 g/mol. The Labute approximate surface area is 151 Å². The first-order valence-electron chi connectivity index (χ1n) is 7.59. The number of aryl methyl sites for hydroxylation is 1. The largest absolute Gasteiger partial charge is 0.240 e. The summed E-state index contributed by atoms with van der Waals surface area (Å²) in [5, 5.41) is 4.98. The minimum atomic E-state index is -4.08. The number of hydrogen-bond donors (Lipinski definition) is 1. The molecule has 6 heteroatoms. The molecule has 0 amide bonds. The van der Waals surface area contributed by atoms with Crippen molar-refractivity contribution in [3.63, 3.8) is 0 Å². The Bertz CT molecular complexity index is 1010. The number of halogens is 1. The van der Waals surface area contributed by atoms with Gasteiger partial charge in [0.15, 0.2) is 0 Å². The molecule has 1 aliphatic carbocycles. The van der Waals surface area contributed by atoms with Crippen molar-refractivity contribution in [3.8, 4) is 0 Å². The molecule has 0 saturated heterocycles. The number of rotatable bonds is 3. The van der Waals surface area contributed by atoms with Crippen molar-refractivity contribution < 1.29 is 12.8 Å². The fraction of sp³-hybridized carbons (Fsp3) is 0.105. The van der Waals surface area contributed by atoms with E-state index in [0.717, 1.165) is 22.1 Å². The summed E-state index contributed by atoms with van der Waals surface area (Å²) >= 11 is 5.50. The van der Waals surface area contributed by atoms with Gasteiger partial charge in [0, 0.05) is 10.8 Å². The lowest BCUT2D eigenvalue weighted by Crippen LogP contribution is -2.14. The number of sulfonamides is 1. The lowest BCUT2D eigenvalue weighted by Gasteiger charge is -2.18. The van der Waals surface area contributed by atoms with Crippen molar-refractivity contribution in [1.82, 2.24) is 0 Å². The Balaban J connectivity index is 1.90. The topological polar surface area (TPSA) is 60.2 Å². The average Bonchev–Trinajstić information content (AvgIpc) is 2.54. The van der Waals surface area contributed by atoms with Gasteiger partial charge in [0.05, 0.1) is 0 Å². The standard InChI is InChI=1S/C19H16FNO2S2/c1-12-2-4-13(5-3-12)16-8-6-15(11-18(16)24)14-7-9-19(17(20)10-14)25(21,22)23/h2-11,16H,1H3,(H2,21,22,23). The zero-order valence-electron chi connectivity index (χ0n) is 13.4. The molecule has 0 aromatic heterocycles. The van der Waals surface area contributed by atoms with E-state index in [-0.39, 0.29) is 5.92 Å². The molecule has 0 radical (unpaired) electrons. The van der Waals surface area contributed by atoms with Crippen LogP contribution in [0, 0.1) is 12.7 Å². The van der Waals surface area contributed by atoms with E-state index < -0.39 is 20.7 Å². The molecule has 1 aliphatic rings. The van der Waals surface area contributed by atoms with Crippen LogP contribution in [-0.2, 0) is 10.0 Å². The van der Waals surface area contributed by atoms with Gasteiger partial charge < -0.3 is 0 Å². The minimum Gasteiger partial charge on any atom is -0.225 e. The fourth-order valence-electron chi connectivity index (χ4n) is 2.73. The molecule has 1 unspecified atom stereocenters. The summed E-state index contributed by atoms with van der Waals surface area (Å²) in [6.45, 7) is 2.02. The normalized spacial score (nSPS) is 17.5. The number of allylic oxidation sites excluding steroid dienone is 4. The van der Waals surface area contributed by atoms with Crippen molar-refractivity contribution in [2.24, 2.45) is 5.14 Å². The first kappa shape index (κ1) is 17.7. The van der Waals surface area contributed by atoms with Gasteiger partial charge in [-0.15, -0.1) is 0 Å². The molecule has 3 nitrogen and oxygen atoms in total. The van der Waals surface area contributed by atoms with Crippen LogP contribution in [0.4, 0.5) is 4.39 Å². The van der Waals surface area contributed by atoms with E-state index in [0.29, 0.717) is 5.56 Å². The molecule has 1 atom stereocenters. The van der Waals surface area contributed by atoms with Gasteiger partial charge in [-0.05, 0) is 41.8 Å². The van der Waals surface area contributed by atoms with Crippen molar-refractivity contribution in [3.05, 3.63) is 83.2 Å². The zero-order valence-corrected chi connectivity index (χ0v) is 15.1. The van der Waals surface area contributed by atoms with E-state index in [2.05, 4.69) is 0 Å². The summed E-state index contributed by atoms with van der Waals surface area (Å²) < 4.78 is 36.6. The summed E-state index contributed by atoms with van der Waals surface area (Å²) in [6.07, 6.45) is 5.64. The Morgan fingerprint density at radius 2 is 1.80 bits per heavy atom. The summed E-state index contributed by atoms with van der Waals surface area (Å²) in [7, 11) is -4.08. The van der Waals surface area contributed by atoms with Crippen molar-refractivity contribution >= 4 is 32.7 Å². The van der Waals surface area contributed by atoms with E-state index in [1.807, 2.05) is 49.4 Å². The highest BCUT2D eigenvalue weighted by Gasteiger charge is 2.19. The molecule has 0 heterocycles. The third-order valence-corrected chi connectivity index (χ3v) is 5.40. The second kappa shape index (κ2) is 6.63. The lowest BCUT2D eigenvalue weighted by atomic mass is 9.88. The average molecular weight is 373 g/mol. The zero-order chi connectivity index (χ0) is 18.2. The quantitative estimate of drug-likeness (QED) is 0.831. The highest BCUT2D eigenvalue weighted by molar-refractivity contribution is 7.89. The lowest BCUT2D eigenvalue weighted by molar-refractivity contribution is 0.568. The Morgan fingerprint density at radius 1 is 1.12 bits per heavy atom. The van der Waals surface area contributed by atoms with Crippen LogP contribution in [0.1, 0.15) is 22.6 Å². The van der Waals surface area contributed by atoms with E-state index in [4.69, 9.17) is 17.4 Å². The third-order valence-electron chi connectivity index (χ3n) is 4.08. The fourth-order valence-corrected chi connectivity index (χ4v) is 3.66. The van der Waals surface area contributed by atoms with Gasteiger partial charge in [0.25, 0.3) is 0 Å². The van der Waals surface area contributed by atoms with Crippen LogP contribution < -0.4 is 5.14 Å². The Hall–Kier alpha value is -2.15. The molecule has 2 N–H and O–H groups in total. The number of nitrogens with two attached hydrogens (primary N) is 1. The highest BCUT2D eigenvalue weighted by Crippen LogP contribution is 2.30. The number of primary sulfonamides is 1. The van der Waals surface area contributed by atoms with Crippen LogP contribution in [0.25, 0.3) is 5.57 Å². The number of hydrogen-bond acceptors (Lipinski definition) is 3. The van der Waals surface area contributed by atoms with Gasteiger partial charge in [-0.1, -0.05) is 60.3 Å². The molecule has 2 aromatic carbocycles.